The van der Waals surface area contributed by atoms with E-state index >= 15 is 0 Å². The van der Waals surface area contributed by atoms with Crippen LogP contribution in [0.2, 0.25) is 0 Å². The van der Waals surface area contributed by atoms with Gasteiger partial charge in [0.1, 0.15) is 11.3 Å². The maximum Gasteiger partial charge on any atom is 0.168 e. The van der Waals surface area contributed by atoms with Gasteiger partial charge in [-0.2, -0.15) is 0 Å². The van der Waals surface area contributed by atoms with E-state index in [0.717, 1.165) is 0 Å². The number of hydrogen-bond donors (Lipinski definition) is 1. The molecular weight excluding hydrogens is 241 g/mol. The van der Waals surface area contributed by atoms with E-state index in [1.807, 2.05) is 13.8 Å². The minimum Gasteiger partial charge on any atom is -0.373 e. The predicted molar refractivity (Wildman–Crippen MR) is 65.3 cm³/mol. The number of hydrogen-bond acceptors (Lipinski definition) is 2. The van der Waals surface area contributed by atoms with Crippen LogP contribution in [-0.2, 0) is 0 Å². The van der Waals surface area contributed by atoms with Gasteiger partial charge in [0.2, 0.25) is 0 Å². The normalized spacial score (nSPS) is 11.3. The summed E-state index contributed by atoms with van der Waals surface area (Å²) >= 11 is 0. The first-order valence-corrected chi connectivity index (χ1v) is 5.61. The number of nitrogens with zero attached hydrogens (tertiary/aromatic N) is 1. The summed E-state index contributed by atoms with van der Waals surface area (Å²) in [6.45, 7) is 3.80. The second-order valence-electron chi connectivity index (χ2n) is 4.38. The van der Waals surface area contributed by atoms with Crippen LogP contribution < -0.4 is 5.32 Å². The minimum absolute atomic E-state index is 0.0649. The molecule has 0 aliphatic carbocycles. The van der Waals surface area contributed by atoms with Crippen molar-refractivity contribution in [3.8, 4) is 0 Å². The molecule has 1 aromatic heterocycles. The summed E-state index contributed by atoms with van der Waals surface area (Å²) < 4.78 is 40.4. The number of halogens is 3. The van der Waals surface area contributed by atoms with Crippen LogP contribution in [0.5, 0.6) is 0 Å². The third kappa shape index (κ3) is 1.89. The fourth-order valence-corrected chi connectivity index (χ4v) is 1.89. The Morgan fingerprint density at radius 3 is 2.33 bits per heavy atom. The van der Waals surface area contributed by atoms with E-state index < -0.39 is 17.5 Å². The summed E-state index contributed by atoms with van der Waals surface area (Å²) in [5.41, 5.74) is 0.552. The van der Waals surface area contributed by atoms with Gasteiger partial charge in [-0.1, -0.05) is 13.8 Å². The van der Waals surface area contributed by atoms with Crippen molar-refractivity contribution >= 4 is 16.7 Å². The summed E-state index contributed by atoms with van der Waals surface area (Å²) in [7, 11) is 1.65. The molecule has 1 heterocycles. The van der Waals surface area contributed by atoms with Crippen LogP contribution in [0.15, 0.2) is 12.1 Å². The lowest BCUT2D eigenvalue weighted by molar-refractivity contribution is 0.505. The molecule has 2 rings (SSSR count). The topological polar surface area (TPSA) is 24.9 Å². The number of fused-ring (bicyclic) bond motifs is 1. The molecule has 0 saturated heterocycles. The maximum atomic E-state index is 13.7. The second-order valence-corrected chi connectivity index (χ2v) is 4.38. The summed E-state index contributed by atoms with van der Waals surface area (Å²) in [5, 5.41) is 2.71. The fraction of sp³-hybridized carbons (Fsp3) is 0.308. The quantitative estimate of drug-likeness (QED) is 0.824. The number of pyridine rings is 1. The molecule has 0 spiro atoms. The smallest absolute Gasteiger partial charge is 0.168 e. The average molecular weight is 254 g/mol. The number of benzene rings is 1. The standard InChI is InChI=1S/C13H13F3N2/c1-6(2)7-4-8-11(16)9(14)5-10(15)12(8)18-13(7)17-3/h4-6H,1-3H3,(H,17,18). The van der Waals surface area contributed by atoms with Gasteiger partial charge in [0.15, 0.2) is 17.5 Å². The van der Waals surface area contributed by atoms with Crippen molar-refractivity contribution in [3.63, 3.8) is 0 Å². The Morgan fingerprint density at radius 1 is 1.11 bits per heavy atom. The number of nitrogens with one attached hydrogen (secondary N) is 1. The van der Waals surface area contributed by atoms with Crippen molar-refractivity contribution < 1.29 is 13.2 Å². The summed E-state index contributed by atoms with van der Waals surface area (Å²) in [4.78, 5) is 4.02. The van der Waals surface area contributed by atoms with Crippen molar-refractivity contribution in [2.24, 2.45) is 0 Å². The van der Waals surface area contributed by atoms with Crippen LogP contribution in [0.4, 0.5) is 19.0 Å². The number of rotatable bonds is 2. The minimum atomic E-state index is -1.20. The van der Waals surface area contributed by atoms with Crippen LogP contribution in [-0.4, -0.2) is 12.0 Å². The third-order valence-electron chi connectivity index (χ3n) is 2.84. The van der Waals surface area contributed by atoms with Gasteiger partial charge in [0.05, 0.1) is 0 Å². The van der Waals surface area contributed by atoms with Gasteiger partial charge in [-0.3, -0.25) is 0 Å². The lowest BCUT2D eigenvalue weighted by Gasteiger charge is -2.13. The molecule has 0 fully saturated rings. The van der Waals surface area contributed by atoms with E-state index in [4.69, 9.17) is 0 Å². The van der Waals surface area contributed by atoms with Gasteiger partial charge in [-0.25, -0.2) is 18.2 Å². The maximum absolute atomic E-state index is 13.7. The van der Waals surface area contributed by atoms with Gasteiger partial charge in [-0.05, 0) is 17.5 Å². The van der Waals surface area contributed by atoms with Crippen LogP contribution in [0, 0.1) is 17.5 Å². The Kier molecular flexibility index (Phi) is 3.15. The first-order chi connectivity index (χ1) is 8.45. The summed E-state index contributed by atoms with van der Waals surface area (Å²) in [6.07, 6.45) is 0. The largest absolute Gasteiger partial charge is 0.373 e. The second kappa shape index (κ2) is 4.48. The zero-order valence-corrected chi connectivity index (χ0v) is 10.3. The highest BCUT2D eigenvalue weighted by molar-refractivity contribution is 5.83. The van der Waals surface area contributed by atoms with Gasteiger partial charge in [-0.15, -0.1) is 0 Å². The van der Waals surface area contributed by atoms with E-state index in [9.17, 15) is 13.2 Å². The van der Waals surface area contributed by atoms with Crippen LogP contribution in [0.25, 0.3) is 10.9 Å². The Bertz CT molecular complexity index is 609. The molecule has 2 aromatic rings. The van der Waals surface area contributed by atoms with Gasteiger partial charge >= 0.3 is 0 Å². The number of aromatic nitrogens is 1. The molecule has 5 heteroatoms. The van der Waals surface area contributed by atoms with E-state index in [0.29, 0.717) is 17.4 Å². The SMILES string of the molecule is CNc1nc2c(F)cc(F)c(F)c2cc1C(C)C. The highest BCUT2D eigenvalue weighted by atomic mass is 19.2. The van der Waals surface area contributed by atoms with Crippen molar-refractivity contribution in [2.75, 3.05) is 12.4 Å². The number of anilines is 1. The molecule has 0 saturated carbocycles. The highest BCUT2D eigenvalue weighted by Gasteiger charge is 2.17. The Balaban J connectivity index is 2.87. The van der Waals surface area contributed by atoms with Crippen molar-refractivity contribution in [1.29, 1.82) is 0 Å². The average Bonchev–Trinajstić information content (AvgIpc) is 2.34. The van der Waals surface area contributed by atoms with Crippen molar-refractivity contribution in [3.05, 3.63) is 35.1 Å². The lowest BCUT2D eigenvalue weighted by Crippen LogP contribution is -2.03. The molecule has 0 bridgehead atoms. The molecule has 0 radical (unpaired) electrons. The van der Waals surface area contributed by atoms with Gasteiger partial charge in [0, 0.05) is 18.5 Å². The molecule has 1 aromatic carbocycles. The first-order valence-electron chi connectivity index (χ1n) is 5.61. The molecule has 0 aliphatic heterocycles. The van der Waals surface area contributed by atoms with Gasteiger partial charge < -0.3 is 5.32 Å². The molecule has 18 heavy (non-hydrogen) atoms. The Labute approximate surface area is 103 Å². The Hall–Kier alpha value is -1.78. The fourth-order valence-electron chi connectivity index (χ4n) is 1.89. The molecule has 0 amide bonds. The molecule has 96 valence electrons. The lowest BCUT2D eigenvalue weighted by atomic mass is 10.0. The van der Waals surface area contributed by atoms with Crippen LogP contribution in [0.1, 0.15) is 25.3 Å². The van der Waals surface area contributed by atoms with E-state index in [1.54, 1.807) is 7.05 Å². The monoisotopic (exact) mass is 254 g/mol. The highest BCUT2D eigenvalue weighted by Crippen LogP contribution is 2.30. The molecule has 0 unspecified atom stereocenters. The summed E-state index contributed by atoms with van der Waals surface area (Å²) in [6, 6.07) is 1.96. The zero-order valence-electron chi connectivity index (χ0n) is 10.3. The molecular formula is C13H13F3N2. The van der Waals surface area contributed by atoms with Gasteiger partial charge in [0.25, 0.3) is 0 Å². The first kappa shape index (κ1) is 12.7. The Morgan fingerprint density at radius 2 is 1.78 bits per heavy atom. The van der Waals surface area contributed by atoms with Crippen LogP contribution in [0.3, 0.4) is 0 Å². The van der Waals surface area contributed by atoms with Crippen LogP contribution >= 0.6 is 0 Å². The molecule has 1 N–H and O–H groups in total. The third-order valence-corrected chi connectivity index (χ3v) is 2.84. The molecule has 0 aliphatic rings. The van der Waals surface area contributed by atoms with Crippen molar-refractivity contribution in [2.45, 2.75) is 19.8 Å². The van der Waals surface area contributed by atoms with E-state index in [2.05, 4.69) is 10.3 Å². The van der Waals surface area contributed by atoms with E-state index in [-0.39, 0.29) is 16.8 Å². The summed E-state index contributed by atoms with van der Waals surface area (Å²) in [5.74, 6) is -2.59. The van der Waals surface area contributed by atoms with Crippen molar-refractivity contribution in [1.82, 2.24) is 4.98 Å². The zero-order chi connectivity index (χ0) is 13.4. The molecule has 2 nitrogen and oxygen atoms in total. The van der Waals surface area contributed by atoms with E-state index in [1.165, 1.54) is 6.07 Å². The molecule has 0 atom stereocenters. The predicted octanol–water partition coefficient (Wildman–Crippen LogP) is 3.82.